The second-order valence-electron chi connectivity index (χ2n) is 9.35. The van der Waals surface area contributed by atoms with Crippen LogP contribution in [0.4, 0.5) is 17.6 Å². The Hall–Kier alpha value is -2.03. The molecule has 3 aliphatic rings. The van der Waals surface area contributed by atoms with E-state index in [2.05, 4.69) is 5.16 Å². The molecule has 0 radical (unpaired) electrons. The van der Waals surface area contributed by atoms with Gasteiger partial charge in [0.2, 0.25) is 5.91 Å². The first-order valence-corrected chi connectivity index (χ1v) is 12.0. The maximum Gasteiger partial charge on any atom is 0.435 e. The zero-order valence-electron chi connectivity index (χ0n) is 18.4. The van der Waals surface area contributed by atoms with Gasteiger partial charge in [0.25, 0.3) is 5.60 Å². The number of oxime groups is 1. The molecule has 2 aromatic rings. The third-order valence-corrected chi connectivity index (χ3v) is 8.00. The van der Waals surface area contributed by atoms with Gasteiger partial charge in [-0.1, -0.05) is 52.1 Å². The maximum absolute atomic E-state index is 15.5. The van der Waals surface area contributed by atoms with Crippen LogP contribution in [0, 0.1) is 12.8 Å². The lowest BCUT2D eigenvalue weighted by Crippen LogP contribution is -2.59. The fourth-order valence-corrected chi connectivity index (χ4v) is 5.26. The van der Waals surface area contributed by atoms with Gasteiger partial charge in [-0.2, -0.15) is 13.2 Å². The third kappa shape index (κ3) is 4.07. The molecule has 2 aliphatic heterocycles. The van der Waals surface area contributed by atoms with E-state index in [0.717, 1.165) is 25.0 Å². The Morgan fingerprint density at radius 3 is 2.29 bits per heavy atom. The second-order valence-corrected chi connectivity index (χ2v) is 10.5. The molecule has 0 bridgehead atoms. The van der Waals surface area contributed by atoms with Crippen LogP contribution >= 0.6 is 34.8 Å². The van der Waals surface area contributed by atoms with Crippen LogP contribution in [0.5, 0.6) is 0 Å². The molecule has 4 nitrogen and oxygen atoms in total. The number of aryl methyl sites for hydroxylation is 1. The second kappa shape index (κ2) is 8.25. The monoisotopic (exact) mass is 548 g/mol. The Morgan fingerprint density at radius 2 is 1.74 bits per heavy atom. The predicted molar refractivity (Wildman–Crippen MR) is 125 cm³/mol. The van der Waals surface area contributed by atoms with Crippen LogP contribution in [-0.4, -0.2) is 35.8 Å². The molecule has 1 unspecified atom stereocenters. The summed E-state index contributed by atoms with van der Waals surface area (Å²) in [6, 6.07) is 6.77. The first-order valence-electron chi connectivity index (χ1n) is 10.9. The lowest BCUT2D eigenvalue weighted by molar-refractivity contribution is -0.275. The van der Waals surface area contributed by atoms with Crippen molar-refractivity contribution in [3.63, 3.8) is 0 Å². The zero-order valence-corrected chi connectivity index (χ0v) is 20.6. The van der Waals surface area contributed by atoms with E-state index in [-0.39, 0.29) is 51.3 Å². The van der Waals surface area contributed by atoms with Gasteiger partial charge in [0.15, 0.2) is 5.67 Å². The fraction of sp³-hybridized carbons (Fsp3) is 0.417. The van der Waals surface area contributed by atoms with Gasteiger partial charge in [-0.05, 0) is 54.7 Å². The van der Waals surface area contributed by atoms with Crippen molar-refractivity contribution in [2.24, 2.45) is 11.1 Å². The van der Waals surface area contributed by atoms with E-state index in [0.29, 0.717) is 16.7 Å². The van der Waals surface area contributed by atoms with Crippen LogP contribution in [0.3, 0.4) is 0 Å². The van der Waals surface area contributed by atoms with Gasteiger partial charge in [0.05, 0.1) is 33.9 Å². The Morgan fingerprint density at radius 1 is 1.11 bits per heavy atom. The highest BCUT2D eigenvalue weighted by atomic mass is 35.5. The number of alkyl halides is 4. The van der Waals surface area contributed by atoms with Gasteiger partial charge >= 0.3 is 6.18 Å². The molecule has 1 atom stereocenters. The van der Waals surface area contributed by atoms with E-state index in [1.54, 1.807) is 13.0 Å². The topological polar surface area (TPSA) is 41.9 Å². The average Bonchev–Trinajstić information content (AvgIpc) is 3.51. The van der Waals surface area contributed by atoms with Gasteiger partial charge in [0.1, 0.15) is 0 Å². The molecular formula is C24H19Cl3F4N2O2. The molecule has 0 spiro atoms. The number of hydrogen-bond donors (Lipinski definition) is 0. The number of halogens is 7. The largest absolute Gasteiger partial charge is 0.435 e. The molecule has 2 heterocycles. The maximum atomic E-state index is 15.5. The molecule has 2 aromatic carbocycles. The summed E-state index contributed by atoms with van der Waals surface area (Å²) in [5, 5.41) is 3.40. The van der Waals surface area contributed by atoms with Crippen LogP contribution in [0.2, 0.25) is 15.1 Å². The highest BCUT2D eigenvalue weighted by Crippen LogP contribution is 2.51. The van der Waals surface area contributed by atoms with E-state index in [1.165, 1.54) is 17.0 Å². The van der Waals surface area contributed by atoms with Crippen LogP contribution in [0.15, 0.2) is 35.5 Å². The molecule has 2 fully saturated rings. The number of carbonyl (C=O) groups excluding carboxylic acids is 1. The molecule has 11 heteroatoms. The van der Waals surface area contributed by atoms with E-state index in [1.807, 2.05) is 0 Å². The molecule has 1 saturated carbocycles. The average molecular weight is 550 g/mol. The molecule has 1 aliphatic carbocycles. The first-order chi connectivity index (χ1) is 16.3. The van der Waals surface area contributed by atoms with Crippen molar-refractivity contribution in [2.75, 3.05) is 13.1 Å². The Bertz CT molecular complexity index is 1230. The molecule has 1 amide bonds. The first kappa shape index (κ1) is 24.7. The standard InChI is InChI=1S/C24H19Cl3F4N2O2/c1-12-6-14(4-5-16(12)22(28)10-33(11-22)21(34)13-2-3-13)19-9-23(35-32-19,24(29,30)31)15-7-17(25)20(27)18(26)8-15/h4-8,13H,2-3,9-11H2,1H3. The lowest BCUT2D eigenvalue weighted by Gasteiger charge is -2.45. The summed E-state index contributed by atoms with van der Waals surface area (Å²) in [5.41, 5.74) is -3.44. The van der Waals surface area contributed by atoms with E-state index >= 15 is 4.39 Å². The molecule has 35 heavy (non-hydrogen) atoms. The van der Waals surface area contributed by atoms with Crippen molar-refractivity contribution < 1.29 is 27.2 Å². The SMILES string of the molecule is Cc1cc(C2=NOC(c3cc(Cl)c(Cl)c(Cl)c3)(C(F)(F)F)C2)ccc1C1(F)CN(C(=O)C2CC2)C1. The van der Waals surface area contributed by atoms with Crippen molar-refractivity contribution in [3.8, 4) is 0 Å². The number of amides is 1. The number of likely N-dealkylation sites (tertiary alicyclic amines) is 1. The highest BCUT2D eigenvalue weighted by Gasteiger charge is 2.62. The molecular weight excluding hydrogens is 531 g/mol. The van der Waals surface area contributed by atoms with Gasteiger partial charge in [-0.15, -0.1) is 0 Å². The number of benzene rings is 2. The zero-order chi connectivity index (χ0) is 25.3. The quantitative estimate of drug-likeness (QED) is 0.306. The van der Waals surface area contributed by atoms with Gasteiger partial charge < -0.3 is 9.74 Å². The van der Waals surface area contributed by atoms with Gasteiger partial charge in [0, 0.05) is 17.9 Å². The Balaban J connectivity index is 1.39. The summed E-state index contributed by atoms with van der Waals surface area (Å²) in [6.45, 7) is 1.63. The van der Waals surface area contributed by atoms with E-state index in [4.69, 9.17) is 39.6 Å². The van der Waals surface area contributed by atoms with Crippen LogP contribution in [0.25, 0.3) is 0 Å². The minimum Gasteiger partial charge on any atom is -0.374 e. The number of hydrogen-bond acceptors (Lipinski definition) is 3. The normalized spacial score (nSPS) is 23.5. The smallest absolute Gasteiger partial charge is 0.374 e. The Kier molecular flexibility index (Phi) is 5.81. The summed E-state index contributed by atoms with van der Waals surface area (Å²) < 4.78 is 58.3. The summed E-state index contributed by atoms with van der Waals surface area (Å²) in [4.78, 5) is 18.7. The van der Waals surface area contributed by atoms with Crippen LogP contribution in [0.1, 0.15) is 41.5 Å². The predicted octanol–water partition coefficient (Wildman–Crippen LogP) is 6.95. The highest BCUT2D eigenvalue weighted by molar-refractivity contribution is 6.48. The minimum atomic E-state index is -4.85. The van der Waals surface area contributed by atoms with Crippen molar-refractivity contribution >= 4 is 46.4 Å². The molecule has 0 N–H and O–H groups in total. The lowest BCUT2D eigenvalue weighted by atomic mass is 9.82. The van der Waals surface area contributed by atoms with Crippen molar-refractivity contribution in [1.82, 2.24) is 4.90 Å². The van der Waals surface area contributed by atoms with Crippen LogP contribution in [-0.2, 0) is 20.9 Å². The third-order valence-electron chi connectivity index (χ3n) is 6.80. The van der Waals surface area contributed by atoms with E-state index in [9.17, 15) is 18.0 Å². The molecule has 0 aromatic heterocycles. The number of carbonyl (C=O) groups is 1. The Labute approximate surface area is 213 Å². The molecule has 5 rings (SSSR count). The van der Waals surface area contributed by atoms with E-state index < -0.39 is 23.9 Å². The summed E-state index contributed by atoms with van der Waals surface area (Å²) in [6.07, 6.45) is -3.78. The number of rotatable bonds is 4. The summed E-state index contributed by atoms with van der Waals surface area (Å²) >= 11 is 17.9. The van der Waals surface area contributed by atoms with Gasteiger partial charge in [-0.3, -0.25) is 4.79 Å². The molecule has 1 saturated heterocycles. The number of nitrogens with zero attached hydrogens (tertiary/aromatic N) is 2. The van der Waals surface area contributed by atoms with Crippen molar-refractivity contribution in [3.05, 3.63) is 67.7 Å². The fourth-order valence-electron chi connectivity index (χ4n) is 4.67. The van der Waals surface area contributed by atoms with Crippen molar-refractivity contribution in [2.45, 2.75) is 43.6 Å². The summed E-state index contributed by atoms with van der Waals surface area (Å²) in [5.74, 6) is -0.00129. The summed E-state index contributed by atoms with van der Waals surface area (Å²) in [7, 11) is 0. The van der Waals surface area contributed by atoms with Crippen molar-refractivity contribution in [1.29, 1.82) is 0 Å². The van der Waals surface area contributed by atoms with Crippen LogP contribution < -0.4 is 0 Å². The van der Waals surface area contributed by atoms with Gasteiger partial charge in [-0.25, -0.2) is 4.39 Å². The minimum absolute atomic E-state index is 0.0164. The molecule has 186 valence electrons.